The molecule has 0 aromatic heterocycles. The predicted octanol–water partition coefficient (Wildman–Crippen LogP) is 3.40. The summed E-state index contributed by atoms with van der Waals surface area (Å²) in [4.78, 5) is 16.8. The molecular formula is C19H21FN2O. The van der Waals surface area contributed by atoms with E-state index >= 15 is 0 Å². The second-order valence-electron chi connectivity index (χ2n) is 6.07. The van der Waals surface area contributed by atoms with Gasteiger partial charge in [-0.25, -0.2) is 4.39 Å². The minimum atomic E-state index is -0.225. The van der Waals surface area contributed by atoms with E-state index in [2.05, 4.69) is 4.90 Å². The molecule has 3 nitrogen and oxygen atoms in total. The number of hydrogen-bond donors (Lipinski definition) is 0. The molecule has 3 rings (SSSR count). The van der Waals surface area contributed by atoms with Gasteiger partial charge >= 0.3 is 0 Å². The summed E-state index contributed by atoms with van der Waals surface area (Å²) < 4.78 is 13.0. The number of halogens is 1. The molecule has 0 aliphatic carbocycles. The molecule has 1 amide bonds. The van der Waals surface area contributed by atoms with Gasteiger partial charge in [-0.15, -0.1) is 0 Å². The Bertz CT molecular complexity index is 704. The zero-order valence-corrected chi connectivity index (χ0v) is 13.6. The number of benzene rings is 2. The molecule has 0 bridgehead atoms. The number of carbonyl (C=O) groups excluding carboxylic acids is 1. The van der Waals surface area contributed by atoms with Crippen molar-refractivity contribution in [2.75, 3.05) is 31.1 Å². The van der Waals surface area contributed by atoms with Crippen LogP contribution >= 0.6 is 0 Å². The van der Waals surface area contributed by atoms with Gasteiger partial charge < -0.3 is 9.80 Å². The zero-order valence-electron chi connectivity index (χ0n) is 13.6. The molecule has 0 spiro atoms. The fourth-order valence-electron chi connectivity index (χ4n) is 3.04. The lowest BCUT2D eigenvalue weighted by Gasteiger charge is -2.36. The molecule has 0 N–H and O–H groups in total. The highest BCUT2D eigenvalue weighted by atomic mass is 19.1. The third-order valence-electron chi connectivity index (χ3n) is 4.37. The van der Waals surface area contributed by atoms with Gasteiger partial charge in [0.1, 0.15) is 5.82 Å². The van der Waals surface area contributed by atoms with Gasteiger partial charge in [-0.3, -0.25) is 4.79 Å². The van der Waals surface area contributed by atoms with Crippen LogP contribution in [-0.2, 0) is 0 Å². The molecule has 4 heteroatoms. The molecule has 1 saturated heterocycles. The topological polar surface area (TPSA) is 23.6 Å². The summed E-state index contributed by atoms with van der Waals surface area (Å²) >= 11 is 0. The molecule has 0 radical (unpaired) electrons. The number of piperazine rings is 1. The van der Waals surface area contributed by atoms with Crippen LogP contribution in [0.4, 0.5) is 10.1 Å². The average Bonchev–Trinajstić information content (AvgIpc) is 2.55. The number of hydrogen-bond acceptors (Lipinski definition) is 2. The van der Waals surface area contributed by atoms with Crippen LogP contribution in [0.1, 0.15) is 21.5 Å². The van der Waals surface area contributed by atoms with Crippen LogP contribution in [0, 0.1) is 19.7 Å². The summed E-state index contributed by atoms with van der Waals surface area (Å²) in [7, 11) is 0. The zero-order chi connectivity index (χ0) is 16.4. The van der Waals surface area contributed by atoms with Crippen LogP contribution < -0.4 is 4.90 Å². The highest BCUT2D eigenvalue weighted by molar-refractivity contribution is 5.95. The molecule has 1 fully saturated rings. The maximum atomic E-state index is 13.0. The van der Waals surface area contributed by atoms with Crippen molar-refractivity contribution in [2.45, 2.75) is 13.8 Å². The largest absolute Gasteiger partial charge is 0.368 e. The summed E-state index contributed by atoms with van der Waals surface area (Å²) in [6, 6.07) is 12.5. The maximum absolute atomic E-state index is 13.0. The Kier molecular flexibility index (Phi) is 4.33. The molecule has 2 aromatic carbocycles. The lowest BCUT2D eigenvalue weighted by molar-refractivity contribution is 0.0746. The number of anilines is 1. The Morgan fingerprint density at radius 1 is 0.957 bits per heavy atom. The maximum Gasteiger partial charge on any atom is 0.254 e. The third-order valence-corrected chi connectivity index (χ3v) is 4.37. The fourth-order valence-corrected chi connectivity index (χ4v) is 3.04. The summed E-state index contributed by atoms with van der Waals surface area (Å²) in [6.45, 7) is 6.91. The molecule has 120 valence electrons. The number of nitrogens with zero attached hydrogens (tertiary/aromatic N) is 2. The Hall–Kier alpha value is -2.36. The number of carbonyl (C=O) groups is 1. The fraction of sp³-hybridized carbons (Fsp3) is 0.316. The van der Waals surface area contributed by atoms with Crippen molar-refractivity contribution in [1.29, 1.82) is 0 Å². The van der Waals surface area contributed by atoms with E-state index in [1.54, 1.807) is 12.1 Å². The normalized spacial score (nSPS) is 14.9. The second kappa shape index (κ2) is 6.41. The van der Waals surface area contributed by atoms with Gasteiger partial charge in [-0.1, -0.05) is 17.7 Å². The minimum Gasteiger partial charge on any atom is -0.368 e. The van der Waals surface area contributed by atoms with E-state index in [1.807, 2.05) is 36.9 Å². The van der Waals surface area contributed by atoms with Gasteiger partial charge in [-0.2, -0.15) is 0 Å². The molecule has 23 heavy (non-hydrogen) atoms. The van der Waals surface area contributed by atoms with Crippen LogP contribution in [0.25, 0.3) is 0 Å². The second-order valence-corrected chi connectivity index (χ2v) is 6.07. The molecular weight excluding hydrogens is 291 g/mol. The number of amides is 1. The quantitative estimate of drug-likeness (QED) is 0.848. The first-order chi connectivity index (χ1) is 11.0. The van der Waals surface area contributed by atoms with Gasteiger partial charge in [0.05, 0.1) is 0 Å². The summed E-state index contributed by atoms with van der Waals surface area (Å²) in [5.41, 5.74) is 3.98. The van der Waals surface area contributed by atoms with E-state index in [0.29, 0.717) is 13.1 Å². The smallest absolute Gasteiger partial charge is 0.254 e. The van der Waals surface area contributed by atoms with Crippen molar-refractivity contribution in [3.63, 3.8) is 0 Å². The van der Waals surface area contributed by atoms with Gasteiger partial charge in [0.15, 0.2) is 0 Å². The van der Waals surface area contributed by atoms with Crippen molar-refractivity contribution in [1.82, 2.24) is 4.90 Å². The summed E-state index contributed by atoms with van der Waals surface area (Å²) in [5.74, 6) is -0.126. The average molecular weight is 312 g/mol. The van der Waals surface area contributed by atoms with Crippen molar-refractivity contribution in [3.8, 4) is 0 Å². The third kappa shape index (κ3) is 3.36. The van der Waals surface area contributed by atoms with E-state index in [9.17, 15) is 9.18 Å². The number of aryl methyl sites for hydroxylation is 2. The van der Waals surface area contributed by atoms with Gasteiger partial charge in [-0.05, 0) is 49.7 Å². The van der Waals surface area contributed by atoms with E-state index in [0.717, 1.165) is 29.9 Å². The lowest BCUT2D eigenvalue weighted by Crippen LogP contribution is -2.48. The van der Waals surface area contributed by atoms with Crippen molar-refractivity contribution in [3.05, 3.63) is 65.0 Å². The molecule has 0 atom stereocenters. The Labute approximate surface area is 136 Å². The molecule has 1 heterocycles. The Morgan fingerprint density at radius 3 is 2.22 bits per heavy atom. The molecule has 1 aliphatic heterocycles. The summed E-state index contributed by atoms with van der Waals surface area (Å²) in [6.07, 6.45) is 0. The first-order valence-corrected chi connectivity index (χ1v) is 7.91. The van der Waals surface area contributed by atoms with Crippen molar-refractivity contribution >= 4 is 11.6 Å². The van der Waals surface area contributed by atoms with Crippen LogP contribution in [0.2, 0.25) is 0 Å². The monoisotopic (exact) mass is 312 g/mol. The molecule has 0 unspecified atom stereocenters. The van der Waals surface area contributed by atoms with Crippen molar-refractivity contribution in [2.24, 2.45) is 0 Å². The van der Waals surface area contributed by atoms with E-state index in [1.165, 1.54) is 17.7 Å². The highest BCUT2D eigenvalue weighted by Crippen LogP contribution is 2.19. The Balaban J connectivity index is 1.66. The first-order valence-electron chi connectivity index (χ1n) is 7.91. The predicted molar refractivity (Wildman–Crippen MR) is 90.4 cm³/mol. The van der Waals surface area contributed by atoms with Crippen molar-refractivity contribution < 1.29 is 9.18 Å². The van der Waals surface area contributed by atoms with Crippen LogP contribution in [0.3, 0.4) is 0 Å². The first kappa shape index (κ1) is 15.5. The lowest BCUT2D eigenvalue weighted by atomic mass is 10.0. The van der Waals surface area contributed by atoms with E-state index < -0.39 is 0 Å². The SMILES string of the molecule is Cc1ccc(C(=O)N2CCN(c3ccc(F)cc3)CC2)c(C)c1. The molecule has 0 saturated carbocycles. The van der Waals surface area contributed by atoms with E-state index in [-0.39, 0.29) is 11.7 Å². The van der Waals surface area contributed by atoms with Gasteiger partial charge in [0, 0.05) is 37.4 Å². The number of rotatable bonds is 2. The van der Waals surface area contributed by atoms with Crippen LogP contribution in [-0.4, -0.2) is 37.0 Å². The van der Waals surface area contributed by atoms with Gasteiger partial charge in [0.25, 0.3) is 5.91 Å². The van der Waals surface area contributed by atoms with Gasteiger partial charge in [0.2, 0.25) is 0 Å². The summed E-state index contributed by atoms with van der Waals surface area (Å²) in [5, 5.41) is 0. The minimum absolute atomic E-state index is 0.0984. The van der Waals surface area contributed by atoms with Crippen LogP contribution in [0.5, 0.6) is 0 Å². The highest BCUT2D eigenvalue weighted by Gasteiger charge is 2.23. The molecule has 2 aromatic rings. The standard InChI is InChI=1S/C19H21FN2O/c1-14-3-8-18(15(2)13-14)19(23)22-11-9-21(10-12-22)17-6-4-16(20)5-7-17/h3-8,13H,9-12H2,1-2H3. The van der Waals surface area contributed by atoms with Crippen LogP contribution in [0.15, 0.2) is 42.5 Å². The molecule has 1 aliphatic rings. The van der Waals surface area contributed by atoms with E-state index in [4.69, 9.17) is 0 Å². The Morgan fingerprint density at radius 2 is 1.61 bits per heavy atom.